The van der Waals surface area contributed by atoms with Gasteiger partial charge in [0.15, 0.2) is 0 Å². The van der Waals surface area contributed by atoms with Crippen LogP contribution in [0, 0.1) is 5.82 Å². The summed E-state index contributed by atoms with van der Waals surface area (Å²) >= 11 is 11.8. The molecule has 2 aromatic carbocycles. The number of hydrogen-bond donors (Lipinski definition) is 0. The fourth-order valence-electron chi connectivity index (χ4n) is 2.36. The van der Waals surface area contributed by atoms with Gasteiger partial charge in [0.1, 0.15) is 12.1 Å². The van der Waals surface area contributed by atoms with Crippen molar-refractivity contribution in [3.05, 3.63) is 75.8 Å². The molecular formula is C18H15Cl2FN6O5S2. The van der Waals surface area contributed by atoms with Gasteiger partial charge < -0.3 is 0 Å². The summed E-state index contributed by atoms with van der Waals surface area (Å²) in [6.45, 7) is 0. The van der Waals surface area contributed by atoms with Crippen LogP contribution >= 0.6 is 23.2 Å². The van der Waals surface area contributed by atoms with Gasteiger partial charge in [0.05, 0.1) is 11.2 Å². The third-order valence-corrected chi connectivity index (χ3v) is 7.65. The Kier molecular flexibility index (Phi) is 7.38. The van der Waals surface area contributed by atoms with Gasteiger partial charge in [-0.25, -0.2) is 9.37 Å². The highest BCUT2D eigenvalue weighted by atomic mass is 35.5. The first kappa shape index (κ1) is 25.7. The van der Waals surface area contributed by atoms with Crippen molar-refractivity contribution in [3.8, 4) is 0 Å². The topological polar surface area (TPSA) is 135 Å². The summed E-state index contributed by atoms with van der Waals surface area (Å²) in [4.78, 5) is 16.6. The number of rotatable bonds is 7. The predicted molar refractivity (Wildman–Crippen MR) is 122 cm³/mol. The number of hydrazone groups is 1. The summed E-state index contributed by atoms with van der Waals surface area (Å²) in [5.74, 6) is -1.77. The number of benzene rings is 2. The Morgan fingerprint density at radius 2 is 1.74 bits per heavy atom. The molecule has 0 aliphatic heterocycles. The number of hydrogen-bond acceptors (Lipinski definition) is 8. The molecule has 0 aliphatic carbocycles. The van der Waals surface area contributed by atoms with Crippen LogP contribution in [0.3, 0.4) is 0 Å². The Balaban J connectivity index is 2.10. The Hall–Kier alpha value is -2.91. The van der Waals surface area contributed by atoms with E-state index in [4.69, 9.17) is 23.2 Å². The van der Waals surface area contributed by atoms with Crippen molar-refractivity contribution in [2.24, 2.45) is 5.10 Å². The monoisotopic (exact) mass is 548 g/mol. The quantitative estimate of drug-likeness (QED) is 0.326. The van der Waals surface area contributed by atoms with Gasteiger partial charge in [0.25, 0.3) is 11.1 Å². The number of nitrogens with zero attached hydrogens (tertiary/aromatic N) is 6. The molecule has 0 spiro atoms. The van der Waals surface area contributed by atoms with E-state index in [1.165, 1.54) is 44.4 Å². The van der Waals surface area contributed by atoms with E-state index >= 15 is 0 Å². The minimum atomic E-state index is -4.91. The molecule has 1 heterocycles. The SMILES string of the molecule is CN(C)S(=O)(=O)n1cnc(S(=O)(=O)N(/N=C/c2ccc(F)cc2Cl)C(=O)c2ccc(Cl)cc2)n1. The molecule has 0 aliphatic rings. The van der Waals surface area contributed by atoms with Gasteiger partial charge in [-0.2, -0.15) is 26.2 Å². The Morgan fingerprint density at radius 3 is 2.32 bits per heavy atom. The second kappa shape index (κ2) is 9.76. The molecule has 16 heteroatoms. The first-order valence-corrected chi connectivity index (χ1v) is 12.6. The second-order valence-corrected chi connectivity index (χ2v) is 11.2. The molecule has 1 amide bonds. The summed E-state index contributed by atoms with van der Waals surface area (Å²) < 4.78 is 65.4. The number of carbonyl (C=O) groups excluding carboxylic acids is 1. The fraction of sp³-hybridized carbons (Fsp3) is 0.111. The minimum Gasteiger partial charge on any atom is -0.266 e. The van der Waals surface area contributed by atoms with Gasteiger partial charge in [-0.05, 0) is 42.5 Å². The van der Waals surface area contributed by atoms with Gasteiger partial charge in [0.2, 0.25) is 0 Å². The van der Waals surface area contributed by atoms with Gasteiger partial charge in [-0.3, -0.25) is 4.79 Å². The van der Waals surface area contributed by atoms with Crippen molar-refractivity contribution in [1.82, 2.24) is 22.9 Å². The van der Waals surface area contributed by atoms with Crippen molar-refractivity contribution in [3.63, 3.8) is 0 Å². The predicted octanol–water partition coefficient (Wildman–Crippen LogP) is 2.24. The van der Waals surface area contributed by atoms with E-state index < -0.39 is 37.1 Å². The highest BCUT2D eigenvalue weighted by Crippen LogP contribution is 2.20. The molecule has 3 rings (SSSR count). The average Bonchev–Trinajstić information content (AvgIpc) is 3.27. The van der Waals surface area contributed by atoms with Gasteiger partial charge in [0, 0.05) is 30.2 Å². The largest absolute Gasteiger partial charge is 0.323 e. The lowest BCUT2D eigenvalue weighted by Crippen LogP contribution is -2.34. The molecule has 0 saturated heterocycles. The van der Waals surface area contributed by atoms with Crippen molar-refractivity contribution in [1.29, 1.82) is 0 Å². The van der Waals surface area contributed by atoms with E-state index in [2.05, 4.69) is 15.2 Å². The molecule has 180 valence electrons. The van der Waals surface area contributed by atoms with Crippen molar-refractivity contribution < 1.29 is 26.0 Å². The van der Waals surface area contributed by atoms with Crippen LogP contribution in [-0.2, 0) is 20.2 Å². The summed E-state index contributed by atoms with van der Waals surface area (Å²) in [5.41, 5.74) is -0.0171. The first-order chi connectivity index (χ1) is 15.8. The van der Waals surface area contributed by atoms with Crippen LogP contribution < -0.4 is 0 Å². The summed E-state index contributed by atoms with van der Waals surface area (Å²) in [6, 6.07) is 8.48. The van der Waals surface area contributed by atoms with Gasteiger partial charge in [-0.1, -0.05) is 23.2 Å². The van der Waals surface area contributed by atoms with E-state index in [-0.39, 0.29) is 20.6 Å². The summed E-state index contributed by atoms with van der Waals surface area (Å²) in [6.07, 6.45) is 1.58. The molecule has 3 aromatic rings. The zero-order valence-corrected chi connectivity index (χ0v) is 20.5. The van der Waals surface area contributed by atoms with Crippen LogP contribution in [0.15, 0.2) is 59.0 Å². The van der Waals surface area contributed by atoms with Crippen molar-refractivity contribution >= 4 is 55.6 Å². The molecule has 0 atom stereocenters. The lowest BCUT2D eigenvalue weighted by Gasteiger charge is -2.15. The van der Waals surface area contributed by atoms with Crippen LogP contribution in [-0.4, -0.2) is 65.9 Å². The second-order valence-electron chi connectivity index (χ2n) is 6.66. The van der Waals surface area contributed by atoms with Crippen LogP contribution in [0.2, 0.25) is 10.0 Å². The molecule has 0 fully saturated rings. The highest BCUT2D eigenvalue weighted by molar-refractivity contribution is 7.89. The Bertz CT molecular complexity index is 1470. The molecule has 34 heavy (non-hydrogen) atoms. The summed E-state index contributed by atoms with van der Waals surface area (Å²) in [5, 5.41) is 6.40. The molecule has 0 bridgehead atoms. The zero-order chi connectivity index (χ0) is 25.3. The van der Waals surface area contributed by atoms with E-state index in [0.717, 1.165) is 22.7 Å². The molecular weight excluding hydrogens is 534 g/mol. The third kappa shape index (κ3) is 5.26. The molecule has 0 saturated carbocycles. The van der Waals surface area contributed by atoms with Gasteiger partial charge >= 0.3 is 20.2 Å². The average molecular weight is 549 g/mol. The molecule has 0 N–H and O–H groups in total. The molecule has 11 nitrogen and oxygen atoms in total. The maximum absolute atomic E-state index is 13.3. The Labute approximate surface area is 204 Å². The first-order valence-electron chi connectivity index (χ1n) is 9.03. The molecule has 0 unspecified atom stereocenters. The minimum absolute atomic E-state index is 0.0673. The summed E-state index contributed by atoms with van der Waals surface area (Å²) in [7, 11) is -6.67. The fourth-order valence-corrected chi connectivity index (χ4v) is 4.45. The maximum Gasteiger partial charge on any atom is 0.323 e. The van der Waals surface area contributed by atoms with E-state index in [9.17, 15) is 26.0 Å². The smallest absolute Gasteiger partial charge is 0.266 e. The number of carbonyl (C=O) groups is 1. The van der Waals surface area contributed by atoms with E-state index in [0.29, 0.717) is 15.4 Å². The number of sulfonamides is 1. The van der Waals surface area contributed by atoms with E-state index in [1.807, 2.05) is 0 Å². The number of aromatic nitrogens is 3. The van der Waals surface area contributed by atoms with Crippen molar-refractivity contribution in [2.45, 2.75) is 5.16 Å². The van der Waals surface area contributed by atoms with Crippen LogP contribution in [0.1, 0.15) is 15.9 Å². The van der Waals surface area contributed by atoms with E-state index in [1.54, 1.807) is 0 Å². The highest BCUT2D eigenvalue weighted by Gasteiger charge is 2.35. The standard InChI is InChI=1S/C18H15Cl2FN6O5S2/c1-25(2)34(31,32)26-11-22-18(24-26)33(29,30)27(17(28)12-3-6-14(19)7-4-12)23-10-13-5-8-15(21)9-16(13)20/h3-11H,1-2H3/b23-10+. The Morgan fingerprint density at radius 1 is 1.09 bits per heavy atom. The van der Waals surface area contributed by atoms with Gasteiger partial charge in [-0.15, -0.1) is 13.6 Å². The van der Waals surface area contributed by atoms with Crippen molar-refractivity contribution in [2.75, 3.05) is 14.1 Å². The maximum atomic E-state index is 13.3. The third-order valence-electron chi connectivity index (χ3n) is 4.14. The van der Waals surface area contributed by atoms with Crippen LogP contribution in [0.4, 0.5) is 4.39 Å². The zero-order valence-electron chi connectivity index (χ0n) is 17.4. The van der Waals surface area contributed by atoms with Crippen LogP contribution in [0.25, 0.3) is 0 Å². The lowest BCUT2D eigenvalue weighted by atomic mass is 10.2. The molecule has 1 aromatic heterocycles. The number of halogens is 3. The normalized spacial score (nSPS) is 12.4. The number of amides is 1. The van der Waals surface area contributed by atoms with Crippen LogP contribution in [0.5, 0.6) is 0 Å². The lowest BCUT2D eigenvalue weighted by molar-refractivity contribution is 0.0864. The molecule has 0 radical (unpaired) electrons.